The average molecular weight is 268 g/mol. The summed E-state index contributed by atoms with van der Waals surface area (Å²) >= 11 is 0. The third kappa shape index (κ3) is 10.4. The predicted octanol–water partition coefficient (Wildman–Crippen LogP) is 6.26. The van der Waals surface area contributed by atoms with Crippen molar-refractivity contribution in [2.45, 2.75) is 109 Å². The van der Waals surface area contributed by atoms with Gasteiger partial charge in [0.1, 0.15) is 0 Å². The summed E-state index contributed by atoms with van der Waals surface area (Å²) in [6.07, 6.45) is 21.4. The highest BCUT2D eigenvalue weighted by atomic mass is 16.5. The molecule has 0 heterocycles. The molecule has 0 spiro atoms. The predicted molar refractivity (Wildman–Crippen MR) is 84.7 cm³/mol. The molecule has 1 rings (SSSR count). The second-order valence-electron chi connectivity index (χ2n) is 6.31. The maximum atomic E-state index is 6.13. The maximum absolute atomic E-state index is 6.13. The van der Waals surface area contributed by atoms with Crippen molar-refractivity contribution in [3.63, 3.8) is 0 Å². The van der Waals surface area contributed by atoms with Crippen molar-refractivity contribution in [2.75, 3.05) is 6.61 Å². The molecule has 1 fully saturated rings. The van der Waals surface area contributed by atoms with Crippen molar-refractivity contribution in [1.82, 2.24) is 0 Å². The molecule has 1 saturated carbocycles. The maximum Gasteiger partial charge on any atom is 0.0575 e. The molecule has 114 valence electrons. The minimum absolute atomic E-state index is 0.570. The number of unbranched alkanes of at least 4 members (excludes halogenated alkanes) is 3. The van der Waals surface area contributed by atoms with E-state index >= 15 is 0 Å². The Morgan fingerprint density at radius 1 is 0.684 bits per heavy atom. The van der Waals surface area contributed by atoms with Gasteiger partial charge in [0.25, 0.3) is 0 Å². The van der Waals surface area contributed by atoms with Gasteiger partial charge in [-0.05, 0) is 19.3 Å². The van der Waals surface area contributed by atoms with E-state index < -0.39 is 0 Å². The molecule has 1 heteroatoms. The lowest BCUT2D eigenvalue weighted by molar-refractivity contribution is 0.0356. The summed E-state index contributed by atoms with van der Waals surface area (Å²) in [5, 5.41) is 0. The smallest absolute Gasteiger partial charge is 0.0575 e. The zero-order valence-electron chi connectivity index (χ0n) is 13.3. The van der Waals surface area contributed by atoms with E-state index in [0.29, 0.717) is 6.10 Å². The molecule has 0 aromatic carbocycles. The molecule has 0 aliphatic heterocycles. The Kier molecular flexibility index (Phi) is 11.6. The summed E-state index contributed by atoms with van der Waals surface area (Å²) in [4.78, 5) is 0. The van der Waals surface area contributed by atoms with E-state index in [1.807, 2.05) is 0 Å². The second-order valence-corrected chi connectivity index (χ2v) is 6.31. The Bertz CT molecular complexity index is 167. The molecular formula is C18H36O. The third-order valence-corrected chi connectivity index (χ3v) is 4.40. The number of hydrogen-bond donors (Lipinski definition) is 0. The SMILES string of the molecule is CCCCCCOC1CCCCCCCCCCC1. The van der Waals surface area contributed by atoms with Crippen LogP contribution in [0.2, 0.25) is 0 Å². The Morgan fingerprint density at radius 2 is 1.21 bits per heavy atom. The van der Waals surface area contributed by atoms with Gasteiger partial charge in [-0.2, -0.15) is 0 Å². The monoisotopic (exact) mass is 268 g/mol. The van der Waals surface area contributed by atoms with Gasteiger partial charge in [0.05, 0.1) is 6.10 Å². The zero-order chi connectivity index (χ0) is 13.6. The van der Waals surface area contributed by atoms with Gasteiger partial charge in [-0.3, -0.25) is 0 Å². The fourth-order valence-corrected chi connectivity index (χ4v) is 3.07. The van der Waals surface area contributed by atoms with Crippen molar-refractivity contribution in [3.05, 3.63) is 0 Å². The first-order chi connectivity index (χ1) is 9.43. The first kappa shape index (κ1) is 17.0. The second kappa shape index (κ2) is 13.0. The van der Waals surface area contributed by atoms with E-state index in [1.54, 1.807) is 0 Å². The van der Waals surface area contributed by atoms with Crippen molar-refractivity contribution in [3.8, 4) is 0 Å². The Morgan fingerprint density at radius 3 is 1.74 bits per heavy atom. The van der Waals surface area contributed by atoms with Crippen LogP contribution in [0.5, 0.6) is 0 Å². The van der Waals surface area contributed by atoms with Crippen molar-refractivity contribution in [1.29, 1.82) is 0 Å². The molecule has 0 N–H and O–H groups in total. The van der Waals surface area contributed by atoms with Crippen LogP contribution in [0, 0.1) is 0 Å². The summed E-state index contributed by atoms with van der Waals surface area (Å²) in [7, 11) is 0. The van der Waals surface area contributed by atoms with Crippen molar-refractivity contribution in [2.24, 2.45) is 0 Å². The molecule has 19 heavy (non-hydrogen) atoms. The van der Waals surface area contributed by atoms with Crippen LogP contribution in [0.4, 0.5) is 0 Å². The van der Waals surface area contributed by atoms with Crippen LogP contribution in [0.1, 0.15) is 103 Å². The van der Waals surface area contributed by atoms with E-state index in [1.165, 1.54) is 96.3 Å². The highest BCUT2D eigenvalue weighted by Crippen LogP contribution is 2.19. The Balaban J connectivity index is 2.11. The average Bonchev–Trinajstić information content (AvgIpc) is 2.41. The van der Waals surface area contributed by atoms with E-state index in [-0.39, 0.29) is 0 Å². The summed E-state index contributed by atoms with van der Waals surface area (Å²) in [6, 6.07) is 0. The van der Waals surface area contributed by atoms with Gasteiger partial charge >= 0.3 is 0 Å². The molecule has 0 unspecified atom stereocenters. The summed E-state index contributed by atoms with van der Waals surface area (Å²) in [5.41, 5.74) is 0. The van der Waals surface area contributed by atoms with Gasteiger partial charge in [-0.1, -0.05) is 84.0 Å². The molecule has 0 atom stereocenters. The van der Waals surface area contributed by atoms with Crippen molar-refractivity contribution >= 4 is 0 Å². The highest BCUT2D eigenvalue weighted by Gasteiger charge is 2.09. The van der Waals surface area contributed by atoms with Crippen LogP contribution in [-0.2, 0) is 4.74 Å². The molecular weight excluding hydrogens is 232 g/mol. The minimum atomic E-state index is 0.570. The third-order valence-electron chi connectivity index (χ3n) is 4.40. The van der Waals surface area contributed by atoms with Crippen LogP contribution in [0.25, 0.3) is 0 Å². The Hall–Kier alpha value is -0.0400. The van der Waals surface area contributed by atoms with Crippen LogP contribution >= 0.6 is 0 Å². The first-order valence-corrected chi connectivity index (χ1v) is 9.05. The van der Waals surface area contributed by atoms with Crippen LogP contribution in [0.15, 0.2) is 0 Å². The number of ether oxygens (including phenoxy) is 1. The summed E-state index contributed by atoms with van der Waals surface area (Å²) < 4.78 is 6.13. The van der Waals surface area contributed by atoms with Gasteiger partial charge in [0.15, 0.2) is 0 Å². The Labute approximate surface area is 121 Å². The van der Waals surface area contributed by atoms with Crippen LogP contribution in [-0.4, -0.2) is 12.7 Å². The lowest BCUT2D eigenvalue weighted by Crippen LogP contribution is -2.14. The number of rotatable bonds is 6. The molecule has 0 saturated heterocycles. The molecule has 0 amide bonds. The topological polar surface area (TPSA) is 9.23 Å². The first-order valence-electron chi connectivity index (χ1n) is 9.05. The molecule has 0 aromatic heterocycles. The fourth-order valence-electron chi connectivity index (χ4n) is 3.07. The van der Waals surface area contributed by atoms with E-state index in [2.05, 4.69) is 6.92 Å². The van der Waals surface area contributed by atoms with Gasteiger partial charge in [0.2, 0.25) is 0 Å². The fraction of sp³-hybridized carbons (Fsp3) is 1.00. The normalized spacial score (nSPS) is 20.7. The molecule has 1 nitrogen and oxygen atoms in total. The standard InChI is InChI=1S/C18H36O/c1-2-3-4-14-17-19-18-15-12-10-8-6-5-7-9-11-13-16-18/h18H,2-17H2,1H3. The van der Waals surface area contributed by atoms with Gasteiger partial charge < -0.3 is 4.74 Å². The van der Waals surface area contributed by atoms with E-state index in [0.717, 1.165) is 6.61 Å². The minimum Gasteiger partial charge on any atom is -0.378 e. The van der Waals surface area contributed by atoms with E-state index in [4.69, 9.17) is 4.74 Å². The zero-order valence-corrected chi connectivity index (χ0v) is 13.3. The lowest BCUT2D eigenvalue weighted by Gasteiger charge is -2.18. The molecule has 0 aromatic rings. The lowest BCUT2D eigenvalue weighted by atomic mass is 9.99. The van der Waals surface area contributed by atoms with Gasteiger partial charge in [0, 0.05) is 6.61 Å². The quantitative estimate of drug-likeness (QED) is 0.517. The molecule has 0 radical (unpaired) electrons. The largest absolute Gasteiger partial charge is 0.378 e. The number of hydrogen-bond acceptors (Lipinski definition) is 1. The van der Waals surface area contributed by atoms with Gasteiger partial charge in [-0.15, -0.1) is 0 Å². The molecule has 0 bridgehead atoms. The van der Waals surface area contributed by atoms with Crippen molar-refractivity contribution < 1.29 is 4.74 Å². The highest BCUT2D eigenvalue weighted by molar-refractivity contribution is 4.61. The van der Waals surface area contributed by atoms with E-state index in [9.17, 15) is 0 Å². The van der Waals surface area contributed by atoms with Crippen LogP contribution < -0.4 is 0 Å². The molecule has 1 aliphatic rings. The molecule has 1 aliphatic carbocycles. The van der Waals surface area contributed by atoms with Gasteiger partial charge in [-0.25, -0.2) is 0 Å². The summed E-state index contributed by atoms with van der Waals surface area (Å²) in [6.45, 7) is 3.28. The van der Waals surface area contributed by atoms with Crippen LogP contribution in [0.3, 0.4) is 0 Å². The summed E-state index contributed by atoms with van der Waals surface area (Å²) in [5.74, 6) is 0.